The molecule has 1 aromatic rings. The molecule has 0 amide bonds. The summed E-state index contributed by atoms with van der Waals surface area (Å²) in [7, 11) is 0. The van der Waals surface area contributed by atoms with Gasteiger partial charge in [0, 0.05) is 30.2 Å². The maximum Gasteiger partial charge on any atom is 0.0479 e. The van der Waals surface area contributed by atoms with Crippen molar-refractivity contribution in [3.8, 4) is 0 Å². The lowest BCUT2D eigenvalue weighted by Gasteiger charge is -2.50. The summed E-state index contributed by atoms with van der Waals surface area (Å²) in [6, 6.07) is 11.6. The zero-order valence-electron chi connectivity index (χ0n) is 13.2. The van der Waals surface area contributed by atoms with E-state index in [4.69, 9.17) is 0 Å². The van der Waals surface area contributed by atoms with Crippen molar-refractivity contribution in [1.29, 1.82) is 0 Å². The summed E-state index contributed by atoms with van der Waals surface area (Å²) >= 11 is 0. The Labute approximate surface area is 123 Å². The normalized spacial score (nSPS) is 28.2. The van der Waals surface area contributed by atoms with Crippen LogP contribution < -0.4 is 5.32 Å². The number of nitrogens with one attached hydrogen (secondary N) is 1. The van der Waals surface area contributed by atoms with Crippen molar-refractivity contribution >= 4 is 0 Å². The van der Waals surface area contributed by atoms with Crippen LogP contribution in [0.1, 0.15) is 58.1 Å². The first-order valence-electron chi connectivity index (χ1n) is 8.19. The Morgan fingerprint density at radius 2 is 1.80 bits per heavy atom. The number of piperazine rings is 1. The minimum Gasteiger partial charge on any atom is -0.308 e. The summed E-state index contributed by atoms with van der Waals surface area (Å²) < 4.78 is 0. The van der Waals surface area contributed by atoms with E-state index in [1.165, 1.54) is 37.8 Å². The second-order valence-corrected chi connectivity index (χ2v) is 6.92. The molecular formula is C18H28N2. The fourth-order valence-electron chi connectivity index (χ4n) is 3.65. The maximum atomic E-state index is 3.87. The zero-order valence-corrected chi connectivity index (χ0v) is 13.2. The summed E-state index contributed by atoms with van der Waals surface area (Å²) in [5, 5.41) is 3.87. The van der Waals surface area contributed by atoms with E-state index in [1.807, 2.05) is 0 Å². The van der Waals surface area contributed by atoms with E-state index in [2.05, 4.69) is 61.3 Å². The quantitative estimate of drug-likeness (QED) is 0.898. The highest BCUT2D eigenvalue weighted by Gasteiger charge is 2.50. The topological polar surface area (TPSA) is 15.3 Å². The SMILES string of the molecule is CCC1(CC)CN(C2(C)CC2)C(c2ccccc2)CN1. The predicted octanol–water partition coefficient (Wildman–Crippen LogP) is 3.74. The van der Waals surface area contributed by atoms with Crippen molar-refractivity contribution in [1.82, 2.24) is 10.2 Å². The van der Waals surface area contributed by atoms with Crippen molar-refractivity contribution in [2.45, 2.75) is 63.6 Å². The molecule has 0 spiro atoms. The molecule has 1 heterocycles. The van der Waals surface area contributed by atoms with Gasteiger partial charge in [0.2, 0.25) is 0 Å². The summed E-state index contributed by atoms with van der Waals surface area (Å²) in [6.45, 7) is 9.38. The lowest BCUT2D eigenvalue weighted by atomic mass is 9.86. The monoisotopic (exact) mass is 272 g/mol. The van der Waals surface area contributed by atoms with Gasteiger partial charge in [-0.1, -0.05) is 44.2 Å². The molecule has 2 fully saturated rings. The van der Waals surface area contributed by atoms with Crippen LogP contribution >= 0.6 is 0 Å². The average molecular weight is 272 g/mol. The fraction of sp³-hybridized carbons (Fsp3) is 0.667. The van der Waals surface area contributed by atoms with E-state index in [9.17, 15) is 0 Å². The Hall–Kier alpha value is -0.860. The van der Waals surface area contributed by atoms with Gasteiger partial charge in [-0.3, -0.25) is 4.90 Å². The first-order valence-corrected chi connectivity index (χ1v) is 8.19. The Balaban J connectivity index is 1.88. The number of rotatable bonds is 4. The molecule has 1 aliphatic heterocycles. The largest absolute Gasteiger partial charge is 0.308 e. The summed E-state index contributed by atoms with van der Waals surface area (Å²) in [4.78, 5) is 2.80. The van der Waals surface area contributed by atoms with Crippen molar-refractivity contribution in [2.75, 3.05) is 13.1 Å². The van der Waals surface area contributed by atoms with Gasteiger partial charge >= 0.3 is 0 Å². The molecule has 2 aliphatic rings. The Morgan fingerprint density at radius 1 is 1.15 bits per heavy atom. The van der Waals surface area contributed by atoms with Gasteiger partial charge < -0.3 is 5.32 Å². The van der Waals surface area contributed by atoms with E-state index in [0.29, 0.717) is 17.1 Å². The molecule has 1 saturated heterocycles. The van der Waals surface area contributed by atoms with Gasteiger partial charge in [-0.25, -0.2) is 0 Å². The van der Waals surface area contributed by atoms with Crippen molar-refractivity contribution in [3.05, 3.63) is 35.9 Å². The van der Waals surface area contributed by atoms with E-state index < -0.39 is 0 Å². The highest BCUT2D eigenvalue weighted by Crippen LogP contribution is 2.47. The minimum absolute atomic E-state index is 0.316. The maximum absolute atomic E-state index is 3.87. The zero-order chi connectivity index (χ0) is 14.2. The van der Waals surface area contributed by atoms with Crippen LogP contribution in [0.3, 0.4) is 0 Å². The molecular weight excluding hydrogens is 244 g/mol. The molecule has 2 nitrogen and oxygen atoms in total. The third-order valence-electron chi connectivity index (χ3n) is 5.72. The summed E-state index contributed by atoms with van der Waals surface area (Å²) in [6.07, 6.45) is 5.16. The van der Waals surface area contributed by atoms with Gasteiger partial charge in [0.25, 0.3) is 0 Å². The van der Waals surface area contributed by atoms with Gasteiger partial charge in [0.1, 0.15) is 0 Å². The van der Waals surface area contributed by atoms with E-state index >= 15 is 0 Å². The molecule has 0 bridgehead atoms. The molecule has 1 aromatic carbocycles. The molecule has 1 saturated carbocycles. The van der Waals surface area contributed by atoms with Crippen molar-refractivity contribution in [3.63, 3.8) is 0 Å². The Morgan fingerprint density at radius 3 is 2.35 bits per heavy atom. The van der Waals surface area contributed by atoms with E-state index in [-0.39, 0.29) is 0 Å². The second-order valence-electron chi connectivity index (χ2n) is 6.92. The van der Waals surface area contributed by atoms with E-state index in [1.54, 1.807) is 0 Å². The average Bonchev–Trinajstić information content (AvgIpc) is 3.26. The molecule has 3 rings (SSSR count). The number of hydrogen-bond acceptors (Lipinski definition) is 2. The molecule has 20 heavy (non-hydrogen) atoms. The molecule has 0 radical (unpaired) electrons. The highest BCUT2D eigenvalue weighted by molar-refractivity contribution is 5.23. The summed E-state index contributed by atoms with van der Waals surface area (Å²) in [5.41, 5.74) is 2.23. The molecule has 2 heteroatoms. The number of nitrogens with zero attached hydrogens (tertiary/aromatic N) is 1. The molecule has 0 aromatic heterocycles. The van der Waals surface area contributed by atoms with Crippen LogP contribution in [-0.2, 0) is 0 Å². The predicted molar refractivity (Wildman–Crippen MR) is 84.8 cm³/mol. The van der Waals surface area contributed by atoms with Crippen LogP contribution in [0.25, 0.3) is 0 Å². The van der Waals surface area contributed by atoms with Crippen molar-refractivity contribution in [2.24, 2.45) is 0 Å². The smallest absolute Gasteiger partial charge is 0.0479 e. The third kappa shape index (κ3) is 2.40. The first-order chi connectivity index (χ1) is 9.62. The molecule has 110 valence electrons. The van der Waals surface area contributed by atoms with Gasteiger partial charge in [-0.2, -0.15) is 0 Å². The molecule has 1 N–H and O–H groups in total. The van der Waals surface area contributed by atoms with Gasteiger partial charge in [-0.15, -0.1) is 0 Å². The molecule has 1 atom stereocenters. The first kappa shape index (κ1) is 14.1. The third-order valence-corrected chi connectivity index (χ3v) is 5.72. The highest BCUT2D eigenvalue weighted by atomic mass is 15.3. The number of hydrogen-bond donors (Lipinski definition) is 1. The van der Waals surface area contributed by atoms with Crippen LogP contribution in [-0.4, -0.2) is 29.1 Å². The van der Waals surface area contributed by atoms with Crippen LogP contribution in [0, 0.1) is 0 Å². The number of benzene rings is 1. The standard InChI is InChI=1S/C18H28N2/c1-4-18(5-2)14-20(17(3)11-12-17)16(13-19-18)15-9-7-6-8-10-15/h6-10,16,19H,4-5,11-14H2,1-3H3. The Bertz CT molecular complexity index is 446. The summed E-state index contributed by atoms with van der Waals surface area (Å²) in [5.74, 6) is 0. The minimum atomic E-state index is 0.316. The molecule has 1 aliphatic carbocycles. The van der Waals surface area contributed by atoms with Crippen LogP contribution in [0.2, 0.25) is 0 Å². The van der Waals surface area contributed by atoms with Gasteiger partial charge in [-0.05, 0) is 38.2 Å². The van der Waals surface area contributed by atoms with Gasteiger partial charge in [0.05, 0.1) is 0 Å². The van der Waals surface area contributed by atoms with Crippen LogP contribution in [0.15, 0.2) is 30.3 Å². The lowest BCUT2D eigenvalue weighted by molar-refractivity contribution is 0.0312. The molecule has 1 unspecified atom stereocenters. The fourth-order valence-corrected chi connectivity index (χ4v) is 3.65. The van der Waals surface area contributed by atoms with Gasteiger partial charge in [0.15, 0.2) is 0 Å². The second kappa shape index (κ2) is 5.16. The van der Waals surface area contributed by atoms with Crippen molar-refractivity contribution < 1.29 is 0 Å². The Kier molecular flexibility index (Phi) is 3.64. The van der Waals surface area contributed by atoms with Crippen LogP contribution in [0.5, 0.6) is 0 Å². The van der Waals surface area contributed by atoms with Crippen LogP contribution in [0.4, 0.5) is 0 Å². The lowest BCUT2D eigenvalue weighted by Crippen LogP contribution is -2.63. The van der Waals surface area contributed by atoms with E-state index in [0.717, 1.165) is 6.54 Å².